The van der Waals surface area contributed by atoms with Gasteiger partial charge in [0, 0.05) is 12.7 Å². The minimum atomic E-state index is -4.61. The van der Waals surface area contributed by atoms with Crippen LogP contribution in [0.4, 0.5) is 23.7 Å². The Kier molecular flexibility index (Phi) is 5.47. The summed E-state index contributed by atoms with van der Waals surface area (Å²) in [4.78, 5) is 29.0. The van der Waals surface area contributed by atoms with E-state index in [1.807, 2.05) is 0 Å². The minimum Gasteiger partial charge on any atom is -0.480 e. The SMILES string of the molecule is COc1ncccc1NC(=O)C1CCCN1C(=O)OCC(F)(F)F. The lowest BCUT2D eigenvalue weighted by Gasteiger charge is -2.23. The summed E-state index contributed by atoms with van der Waals surface area (Å²) < 4.78 is 45.6. The van der Waals surface area contributed by atoms with E-state index < -0.39 is 30.8 Å². The molecule has 1 saturated heterocycles. The Balaban J connectivity index is 2.01. The molecule has 2 amide bonds. The molecule has 1 aromatic rings. The molecule has 1 aromatic heterocycles. The van der Waals surface area contributed by atoms with Crippen LogP contribution >= 0.6 is 0 Å². The maximum atomic E-state index is 12.3. The van der Waals surface area contributed by atoms with Crippen molar-refractivity contribution in [1.82, 2.24) is 9.88 Å². The largest absolute Gasteiger partial charge is 0.480 e. The maximum Gasteiger partial charge on any atom is 0.422 e. The molecule has 0 saturated carbocycles. The summed E-state index contributed by atoms with van der Waals surface area (Å²) in [6, 6.07) is 2.24. The first kappa shape index (κ1) is 17.8. The highest BCUT2D eigenvalue weighted by molar-refractivity contribution is 5.97. The molecule has 24 heavy (non-hydrogen) atoms. The first-order chi connectivity index (χ1) is 11.3. The molecule has 132 valence electrons. The van der Waals surface area contributed by atoms with E-state index in [1.54, 1.807) is 12.1 Å². The number of hydrogen-bond donors (Lipinski definition) is 1. The zero-order valence-electron chi connectivity index (χ0n) is 12.8. The van der Waals surface area contributed by atoms with Gasteiger partial charge in [-0.25, -0.2) is 9.78 Å². The van der Waals surface area contributed by atoms with E-state index in [2.05, 4.69) is 15.0 Å². The number of nitrogens with zero attached hydrogens (tertiary/aromatic N) is 2. The van der Waals surface area contributed by atoms with Crippen LogP contribution in [-0.4, -0.2) is 54.4 Å². The molecule has 1 aliphatic rings. The van der Waals surface area contributed by atoms with Crippen LogP contribution in [0.15, 0.2) is 18.3 Å². The number of hydrogen-bond acceptors (Lipinski definition) is 5. The molecule has 1 fully saturated rings. The molecule has 0 spiro atoms. The monoisotopic (exact) mass is 347 g/mol. The Morgan fingerprint density at radius 2 is 2.21 bits per heavy atom. The second-order valence-corrected chi connectivity index (χ2v) is 5.07. The molecular weight excluding hydrogens is 331 g/mol. The quantitative estimate of drug-likeness (QED) is 0.903. The highest BCUT2D eigenvalue weighted by Gasteiger charge is 2.37. The third-order valence-corrected chi connectivity index (χ3v) is 3.37. The summed E-state index contributed by atoms with van der Waals surface area (Å²) in [5.41, 5.74) is 0.306. The van der Waals surface area contributed by atoms with Gasteiger partial charge >= 0.3 is 12.3 Å². The van der Waals surface area contributed by atoms with Gasteiger partial charge < -0.3 is 14.8 Å². The molecule has 2 rings (SSSR count). The predicted molar refractivity (Wildman–Crippen MR) is 76.5 cm³/mol. The van der Waals surface area contributed by atoms with Crippen LogP contribution in [-0.2, 0) is 9.53 Å². The fourth-order valence-corrected chi connectivity index (χ4v) is 2.35. The third kappa shape index (κ3) is 4.49. The molecule has 2 heterocycles. The lowest BCUT2D eigenvalue weighted by molar-refractivity contribution is -0.162. The Hall–Kier alpha value is -2.52. The average Bonchev–Trinajstić information content (AvgIpc) is 3.02. The van der Waals surface area contributed by atoms with Crippen molar-refractivity contribution >= 4 is 17.7 Å². The van der Waals surface area contributed by atoms with Gasteiger partial charge in [-0.15, -0.1) is 0 Å². The van der Waals surface area contributed by atoms with Gasteiger partial charge in [-0.2, -0.15) is 13.2 Å². The number of alkyl halides is 3. The number of ether oxygens (including phenoxy) is 2. The van der Waals surface area contributed by atoms with Gasteiger partial charge in [-0.1, -0.05) is 0 Å². The number of anilines is 1. The van der Waals surface area contributed by atoms with Crippen LogP contribution in [0.5, 0.6) is 5.88 Å². The number of nitrogens with one attached hydrogen (secondary N) is 1. The minimum absolute atomic E-state index is 0.152. The number of carbonyl (C=O) groups is 2. The molecule has 1 atom stereocenters. The van der Waals surface area contributed by atoms with Crippen molar-refractivity contribution in [3.05, 3.63) is 18.3 Å². The standard InChI is InChI=1S/C14H16F3N3O4/c1-23-12-9(4-2-6-18-12)19-11(21)10-5-3-7-20(10)13(22)24-8-14(15,16)17/h2,4,6,10H,3,5,7-8H2,1H3,(H,19,21). The number of halogens is 3. The smallest absolute Gasteiger partial charge is 0.422 e. The summed E-state index contributed by atoms with van der Waals surface area (Å²) in [6.07, 6.45) is -3.48. The van der Waals surface area contributed by atoms with E-state index in [1.165, 1.54) is 13.3 Å². The molecular formula is C14H16F3N3O4. The molecule has 1 N–H and O–H groups in total. The Labute approximate surface area is 135 Å². The van der Waals surface area contributed by atoms with Gasteiger partial charge in [-0.05, 0) is 25.0 Å². The lowest BCUT2D eigenvalue weighted by atomic mass is 10.2. The van der Waals surface area contributed by atoms with Crippen LogP contribution in [0, 0.1) is 0 Å². The lowest BCUT2D eigenvalue weighted by Crippen LogP contribution is -2.44. The van der Waals surface area contributed by atoms with E-state index >= 15 is 0 Å². The maximum absolute atomic E-state index is 12.3. The molecule has 7 nitrogen and oxygen atoms in total. The van der Waals surface area contributed by atoms with Crippen LogP contribution < -0.4 is 10.1 Å². The molecule has 1 unspecified atom stereocenters. The van der Waals surface area contributed by atoms with Crippen molar-refractivity contribution in [2.75, 3.05) is 25.6 Å². The van der Waals surface area contributed by atoms with Crippen LogP contribution in [0.1, 0.15) is 12.8 Å². The molecule has 0 aromatic carbocycles. The zero-order chi connectivity index (χ0) is 17.7. The predicted octanol–water partition coefficient (Wildman–Crippen LogP) is 2.19. The summed E-state index contributed by atoms with van der Waals surface area (Å²) in [5.74, 6) is -0.349. The Morgan fingerprint density at radius 1 is 1.46 bits per heavy atom. The van der Waals surface area contributed by atoms with Crippen molar-refractivity contribution < 1.29 is 32.2 Å². The van der Waals surface area contributed by atoms with Gasteiger partial charge in [0.1, 0.15) is 11.7 Å². The highest BCUT2D eigenvalue weighted by atomic mass is 19.4. The van der Waals surface area contributed by atoms with E-state index in [4.69, 9.17) is 4.74 Å². The molecule has 0 aliphatic carbocycles. The number of methoxy groups -OCH3 is 1. The highest BCUT2D eigenvalue weighted by Crippen LogP contribution is 2.24. The van der Waals surface area contributed by atoms with E-state index in [-0.39, 0.29) is 12.4 Å². The first-order valence-electron chi connectivity index (χ1n) is 7.12. The van der Waals surface area contributed by atoms with Crippen molar-refractivity contribution in [2.45, 2.75) is 25.1 Å². The average molecular weight is 347 g/mol. The van der Waals surface area contributed by atoms with Gasteiger partial charge in [0.25, 0.3) is 0 Å². The van der Waals surface area contributed by atoms with Gasteiger partial charge in [0.15, 0.2) is 6.61 Å². The summed E-state index contributed by atoms with van der Waals surface area (Å²) in [5, 5.41) is 2.56. The Morgan fingerprint density at radius 3 is 2.88 bits per heavy atom. The third-order valence-electron chi connectivity index (χ3n) is 3.37. The topological polar surface area (TPSA) is 80.8 Å². The van der Waals surface area contributed by atoms with Crippen molar-refractivity contribution in [2.24, 2.45) is 0 Å². The normalized spacial score (nSPS) is 17.5. The number of pyridine rings is 1. The number of aromatic nitrogens is 1. The van der Waals surface area contributed by atoms with E-state index in [0.717, 1.165) is 4.90 Å². The van der Waals surface area contributed by atoms with Gasteiger partial charge in [-0.3, -0.25) is 9.69 Å². The molecule has 1 aliphatic heterocycles. The second-order valence-electron chi connectivity index (χ2n) is 5.07. The second kappa shape index (κ2) is 7.37. The molecule has 0 radical (unpaired) electrons. The van der Waals surface area contributed by atoms with Crippen LogP contribution in [0.25, 0.3) is 0 Å². The molecule has 10 heteroatoms. The zero-order valence-corrected chi connectivity index (χ0v) is 12.8. The van der Waals surface area contributed by atoms with Crippen LogP contribution in [0.2, 0.25) is 0 Å². The van der Waals surface area contributed by atoms with Gasteiger partial charge in [0.2, 0.25) is 11.8 Å². The molecule has 0 bridgehead atoms. The van der Waals surface area contributed by atoms with Crippen molar-refractivity contribution in [3.8, 4) is 5.88 Å². The van der Waals surface area contributed by atoms with E-state index in [0.29, 0.717) is 18.5 Å². The van der Waals surface area contributed by atoms with E-state index in [9.17, 15) is 22.8 Å². The number of likely N-dealkylation sites (tertiary alicyclic amines) is 1. The number of rotatable bonds is 4. The van der Waals surface area contributed by atoms with Crippen molar-refractivity contribution in [1.29, 1.82) is 0 Å². The summed E-state index contributed by atoms with van der Waals surface area (Å²) in [6.45, 7) is -1.54. The number of amides is 2. The first-order valence-corrected chi connectivity index (χ1v) is 7.12. The fourth-order valence-electron chi connectivity index (χ4n) is 2.35. The summed E-state index contributed by atoms with van der Waals surface area (Å²) >= 11 is 0. The summed E-state index contributed by atoms with van der Waals surface area (Å²) in [7, 11) is 1.38. The Bertz CT molecular complexity index is 609. The fraction of sp³-hybridized carbons (Fsp3) is 0.500. The van der Waals surface area contributed by atoms with Crippen LogP contribution in [0.3, 0.4) is 0 Å². The number of carbonyl (C=O) groups excluding carboxylic acids is 2. The van der Waals surface area contributed by atoms with Crippen molar-refractivity contribution in [3.63, 3.8) is 0 Å². The van der Waals surface area contributed by atoms with Gasteiger partial charge in [0.05, 0.1) is 7.11 Å².